The molecule has 1 unspecified atom stereocenters. The monoisotopic (exact) mass is 455 g/mol. The number of guanidine groups is 1. The zero-order valence-electron chi connectivity index (χ0n) is 15.8. The third kappa shape index (κ3) is 10.7. The van der Waals surface area contributed by atoms with Gasteiger partial charge in [-0.3, -0.25) is 4.99 Å². The van der Waals surface area contributed by atoms with E-state index in [0.29, 0.717) is 6.10 Å². The molecule has 0 aromatic heterocycles. The Balaban J connectivity index is 0.00000529. The zero-order valence-corrected chi connectivity index (χ0v) is 18.1. The molecule has 0 heterocycles. The van der Waals surface area contributed by atoms with E-state index in [1.54, 1.807) is 0 Å². The minimum atomic E-state index is 0. The van der Waals surface area contributed by atoms with Crippen LogP contribution in [0, 0.1) is 5.92 Å². The van der Waals surface area contributed by atoms with E-state index in [9.17, 15) is 0 Å². The fourth-order valence-corrected chi connectivity index (χ4v) is 3.17. The summed E-state index contributed by atoms with van der Waals surface area (Å²) in [5, 5.41) is 6.75. The molecule has 1 rings (SSSR count). The van der Waals surface area contributed by atoms with Crippen molar-refractivity contribution in [1.29, 1.82) is 0 Å². The number of ether oxygens (including phenoxy) is 2. The molecular formula is C18H38IN3O2. The Morgan fingerprint density at radius 2 is 1.88 bits per heavy atom. The smallest absolute Gasteiger partial charge is 0.191 e. The van der Waals surface area contributed by atoms with Crippen LogP contribution in [0.25, 0.3) is 0 Å². The quantitative estimate of drug-likeness (QED) is 0.205. The van der Waals surface area contributed by atoms with E-state index in [0.717, 1.165) is 64.2 Å². The van der Waals surface area contributed by atoms with E-state index in [1.165, 1.54) is 25.7 Å². The van der Waals surface area contributed by atoms with Crippen LogP contribution in [0.3, 0.4) is 0 Å². The van der Waals surface area contributed by atoms with E-state index < -0.39 is 0 Å². The lowest BCUT2D eigenvalue weighted by Crippen LogP contribution is -2.39. The van der Waals surface area contributed by atoms with Gasteiger partial charge in [-0.25, -0.2) is 0 Å². The maximum Gasteiger partial charge on any atom is 0.191 e. The summed E-state index contributed by atoms with van der Waals surface area (Å²) in [5.74, 6) is 1.66. The van der Waals surface area contributed by atoms with Crippen molar-refractivity contribution in [2.75, 3.05) is 39.5 Å². The normalized spacial score (nSPS) is 16.7. The van der Waals surface area contributed by atoms with Gasteiger partial charge in [0.1, 0.15) is 0 Å². The highest BCUT2D eigenvalue weighted by Crippen LogP contribution is 2.30. The third-order valence-electron chi connectivity index (χ3n) is 4.29. The van der Waals surface area contributed by atoms with Gasteiger partial charge in [0.15, 0.2) is 5.96 Å². The summed E-state index contributed by atoms with van der Waals surface area (Å²) in [7, 11) is 0. The largest absolute Gasteiger partial charge is 0.382 e. The van der Waals surface area contributed by atoms with E-state index >= 15 is 0 Å². The number of nitrogens with zero attached hydrogens (tertiary/aromatic N) is 1. The van der Waals surface area contributed by atoms with Crippen LogP contribution in [0.5, 0.6) is 0 Å². The van der Waals surface area contributed by atoms with Crippen molar-refractivity contribution in [3.8, 4) is 0 Å². The summed E-state index contributed by atoms with van der Waals surface area (Å²) in [6.07, 6.45) is 7.82. The van der Waals surface area contributed by atoms with Crippen molar-refractivity contribution in [1.82, 2.24) is 10.6 Å². The molecule has 0 aliphatic heterocycles. The first-order valence-electron chi connectivity index (χ1n) is 9.53. The Hall–Kier alpha value is -0.0800. The van der Waals surface area contributed by atoms with Gasteiger partial charge >= 0.3 is 0 Å². The zero-order chi connectivity index (χ0) is 16.8. The van der Waals surface area contributed by atoms with Gasteiger partial charge < -0.3 is 20.1 Å². The van der Waals surface area contributed by atoms with Gasteiger partial charge in [0.2, 0.25) is 0 Å². The van der Waals surface area contributed by atoms with Crippen molar-refractivity contribution >= 4 is 29.9 Å². The summed E-state index contributed by atoms with van der Waals surface area (Å²) in [4.78, 5) is 4.60. The van der Waals surface area contributed by atoms with Crippen LogP contribution in [0.2, 0.25) is 0 Å². The van der Waals surface area contributed by atoms with E-state index in [4.69, 9.17) is 9.47 Å². The summed E-state index contributed by atoms with van der Waals surface area (Å²) >= 11 is 0. The first-order chi connectivity index (χ1) is 11.3. The second kappa shape index (κ2) is 16.4. The molecule has 0 spiro atoms. The Morgan fingerprint density at radius 1 is 1.12 bits per heavy atom. The van der Waals surface area contributed by atoms with Crippen LogP contribution in [0.4, 0.5) is 0 Å². The molecule has 144 valence electrons. The number of rotatable bonds is 12. The highest BCUT2D eigenvalue weighted by molar-refractivity contribution is 14.0. The average molecular weight is 455 g/mol. The van der Waals surface area contributed by atoms with Crippen molar-refractivity contribution in [2.45, 2.75) is 65.4 Å². The van der Waals surface area contributed by atoms with Gasteiger partial charge in [0, 0.05) is 39.5 Å². The molecule has 2 N–H and O–H groups in total. The van der Waals surface area contributed by atoms with Crippen LogP contribution in [-0.4, -0.2) is 51.5 Å². The topological polar surface area (TPSA) is 54.9 Å². The number of hydrogen-bond donors (Lipinski definition) is 2. The maximum atomic E-state index is 5.98. The third-order valence-corrected chi connectivity index (χ3v) is 4.29. The van der Waals surface area contributed by atoms with Crippen molar-refractivity contribution < 1.29 is 9.47 Å². The van der Waals surface area contributed by atoms with E-state index in [2.05, 4.69) is 29.5 Å². The Kier molecular flexibility index (Phi) is 16.3. The van der Waals surface area contributed by atoms with Gasteiger partial charge in [0.25, 0.3) is 0 Å². The van der Waals surface area contributed by atoms with Crippen molar-refractivity contribution in [2.24, 2.45) is 10.9 Å². The molecular weight excluding hydrogens is 417 g/mol. The van der Waals surface area contributed by atoms with Crippen LogP contribution >= 0.6 is 24.0 Å². The van der Waals surface area contributed by atoms with Gasteiger partial charge in [-0.15, -0.1) is 24.0 Å². The predicted molar refractivity (Wildman–Crippen MR) is 112 cm³/mol. The first-order valence-corrected chi connectivity index (χ1v) is 9.53. The van der Waals surface area contributed by atoms with E-state index in [1.807, 2.05) is 6.92 Å². The molecule has 6 heteroatoms. The molecule has 0 aromatic rings. The van der Waals surface area contributed by atoms with Gasteiger partial charge in [-0.05, 0) is 52.4 Å². The van der Waals surface area contributed by atoms with Crippen LogP contribution in [-0.2, 0) is 9.47 Å². The minimum absolute atomic E-state index is 0. The molecule has 24 heavy (non-hydrogen) atoms. The second-order valence-corrected chi connectivity index (χ2v) is 6.06. The Labute approximate surface area is 165 Å². The Bertz CT molecular complexity index is 311. The van der Waals surface area contributed by atoms with Gasteiger partial charge in [-0.1, -0.05) is 12.8 Å². The summed E-state index contributed by atoms with van der Waals surface area (Å²) in [5.41, 5.74) is 0. The second-order valence-electron chi connectivity index (χ2n) is 6.06. The molecule has 0 aromatic carbocycles. The Morgan fingerprint density at radius 3 is 2.50 bits per heavy atom. The van der Waals surface area contributed by atoms with Crippen LogP contribution < -0.4 is 10.6 Å². The molecule has 0 amide bonds. The first kappa shape index (κ1) is 23.9. The lowest BCUT2D eigenvalue weighted by Gasteiger charge is -2.24. The molecule has 1 aliphatic rings. The van der Waals surface area contributed by atoms with Crippen LogP contribution in [0.1, 0.15) is 59.3 Å². The molecule has 5 nitrogen and oxygen atoms in total. The molecule has 0 bridgehead atoms. The minimum Gasteiger partial charge on any atom is -0.382 e. The SMILES string of the molecule is CCNC(=NCCCOCC)NCCC(OCC)C1CCCC1.I. The molecule has 1 fully saturated rings. The number of halogens is 1. The van der Waals surface area contributed by atoms with Gasteiger partial charge in [0.05, 0.1) is 6.10 Å². The number of aliphatic imine (C=N–C) groups is 1. The van der Waals surface area contributed by atoms with Gasteiger partial charge in [-0.2, -0.15) is 0 Å². The van der Waals surface area contributed by atoms with Crippen molar-refractivity contribution in [3.63, 3.8) is 0 Å². The summed E-state index contributed by atoms with van der Waals surface area (Å²) in [6, 6.07) is 0. The lowest BCUT2D eigenvalue weighted by atomic mass is 9.98. The van der Waals surface area contributed by atoms with Crippen molar-refractivity contribution in [3.05, 3.63) is 0 Å². The lowest BCUT2D eigenvalue weighted by molar-refractivity contribution is 0.0169. The fourth-order valence-electron chi connectivity index (χ4n) is 3.17. The summed E-state index contributed by atoms with van der Waals surface area (Å²) in [6.45, 7) is 11.2. The molecule has 1 saturated carbocycles. The maximum absolute atomic E-state index is 5.98. The highest BCUT2D eigenvalue weighted by atomic mass is 127. The molecule has 0 radical (unpaired) electrons. The fraction of sp³-hybridized carbons (Fsp3) is 0.944. The molecule has 0 saturated heterocycles. The average Bonchev–Trinajstić information content (AvgIpc) is 3.08. The molecule has 1 atom stereocenters. The standard InChI is InChI=1S/C18H37N3O2.HI/c1-4-19-18(20-13-9-15-22-5-2)21-14-12-17(23-6-3)16-10-7-8-11-16;/h16-17H,4-15H2,1-3H3,(H2,19,20,21);1H. The highest BCUT2D eigenvalue weighted by Gasteiger charge is 2.24. The number of hydrogen-bond acceptors (Lipinski definition) is 3. The van der Waals surface area contributed by atoms with Crippen LogP contribution in [0.15, 0.2) is 4.99 Å². The predicted octanol–water partition coefficient (Wildman–Crippen LogP) is 3.57. The summed E-state index contributed by atoms with van der Waals surface area (Å²) < 4.78 is 11.3. The number of nitrogens with one attached hydrogen (secondary N) is 2. The van der Waals surface area contributed by atoms with E-state index in [-0.39, 0.29) is 24.0 Å². The molecule has 1 aliphatic carbocycles.